The first-order chi connectivity index (χ1) is 13.7. The van der Waals surface area contributed by atoms with E-state index in [9.17, 15) is 22.9 Å². The van der Waals surface area contributed by atoms with Crippen LogP contribution in [-0.2, 0) is 15.7 Å². The minimum absolute atomic E-state index is 0.0853. The van der Waals surface area contributed by atoms with Crippen molar-refractivity contribution in [3.63, 3.8) is 0 Å². The molecule has 1 heterocycles. The molecule has 2 N–H and O–H groups in total. The SMILES string of the molecule is C=C1/C=C(\C)Oc2cc(c(F)cc2F)NS(=O)c2cc(cc(Cl)c2O)C(=O)OC1. The van der Waals surface area contributed by atoms with Gasteiger partial charge in [0.15, 0.2) is 28.3 Å². The Bertz CT molecular complexity index is 1090. The van der Waals surface area contributed by atoms with E-state index in [0.29, 0.717) is 11.6 Å². The zero-order chi connectivity index (χ0) is 21.3. The van der Waals surface area contributed by atoms with E-state index >= 15 is 0 Å². The van der Waals surface area contributed by atoms with Crippen LogP contribution in [0.25, 0.3) is 0 Å². The van der Waals surface area contributed by atoms with Gasteiger partial charge in [0.1, 0.15) is 23.1 Å². The van der Waals surface area contributed by atoms with Gasteiger partial charge in [-0.15, -0.1) is 0 Å². The van der Waals surface area contributed by atoms with Crippen molar-refractivity contribution in [3.8, 4) is 11.5 Å². The van der Waals surface area contributed by atoms with Gasteiger partial charge in [-0.1, -0.05) is 18.2 Å². The largest absolute Gasteiger partial charge is 0.505 e. The predicted molar refractivity (Wildman–Crippen MR) is 103 cm³/mol. The van der Waals surface area contributed by atoms with Gasteiger partial charge < -0.3 is 14.6 Å². The monoisotopic (exact) mass is 441 g/mol. The molecule has 6 nitrogen and oxygen atoms in total. The maximum atomic E-state index is 14.2. The average Bonchev–Trinajstić information content (AvgIpc) is 2.64. The van der Waals surface area contributed by atoms with Gasteiger partial charge in [0.2, 0.25) is 0 Å². The van der Waals surface area contributed by atoms with E-state index in [2.05, 4.69) is 11.3 Å². The molecule has 0 amide bonds. The Morgan fingerprint density at radius 2 is 1.97 bits per heavy atom. The molecule has 10 heteroatoms. The fourth-order valence-electron chi connectivity index (χ4n) is 2.45. The lowest BCUT2D eigenvalue weighted by Gasteiger charge is -2.13. The molecular formula is C19H14ClF2NO5S. The van der Waals surface area contributed by atoms with Crippen LogP contribution < -0.4 is 9.46 Å². The first kappa shape index (κ1) is 20.8. The lowest BCUT2D eigenvalue weighted by molar-refractivity contribution is 0.0542. The van der Waals surface area contributed by atoms with Crippen LogP contribution in [0.3, 0.4) is 0 Å². The van der Waals surface area contributed by atoms with Crippen LogP contribution in [0.5, 0.6) is 11.5 Å². The first-order valence-corrected chi connectivity index (χ1v) is 9.59. The second-order valence-corrected chi connectivity index (χ2v) is 7.62. The highest BCUT2D eigenvalue weighted by atomic mass is 35.5. The first-order valence-electron chi connectivity index (χ1n) is 8.06. The zero-order valence-corrected chi connectivity index (χ0v) is 16.5. The lowest BCUT2D eigenvalue weighted by Crippen LogP contribution is -2.11. The molecular weight excluding hydrogens is 428 g/mol. The van der Waals surface area contributed by atoms with Gasteiger partial charge in [0.05, 0.1) is 16.3 Å². The Hall–Kier alpha value is -2.91. The molecule has 1 aliphatic heterocycles. The van der Waals surface area contributed by atoms with E-state index in [4.69, 9.17) is 21.1 Å². The third-order valence-corrected chi connectivity index (χ3v) is 5.16. The molecule has 2 aromatic carbocycles. The number of benzene rings is 2. The Kier molecular flexibility index (Phi) is 5.90. The number of aromatic hydroxyl groups is 1. The van der Waals surface area contributed by atoms with E-state index in [1.54, 1.807) is 0 Å². The Labute approximate surface area is 172 Å². The Morgan fingerprint density at radius 1 is 1.24 bits per heavy atom. The quantitative estimate of drug-likeness (QED) is 0.589. The summed E-state index contributed by atoms with van der Waals surface area (Å²) in [6, 6.07) is 3.77. The summed E-state index contributed by atoms with van der Waals surface area (Å²) in [5.41, 5.74) is -0.108. The number of carbonyl (C=O) groups excluding carboxylic acids is 1. The van der Waals surface area contributed by atoms with E-state index < -0.39 is 34.3 Å². The maximum Gasteiger partial charge on any atom is 0.338 e. The van der Waals surface area contributed by atoms with Crippen LogP contribution >= 0.6 is 11.6 Å². The number of cyclic esters (lactones) is 1. The van der Waals surface area contributed by atoms with Crippen LogP contribution in [0.4, 0.5) is 14.5 Å². The molecule has 1 unspecified atom stereocenters. The maximum absolute atomic E-state index is 14.2. The van der Waals surface area contributed by atoms with Crippen molar-refractivity contribution in [2.24, 2.45) is 0 Å². The average molecular weight is 442 g/mol. The van der Waals surface area contributed by atoms with Gasteiger partial charge in [0.25, 0.3) is 0 Å². The fraction of sp³-hybridized carbons (Fsp3) is 0.105. The highest BCUT2D eigenvalue weighted by molar-refractivity contribution is 7.86. The topological polar surface area (TPSA) is 84.9 Å². The second-order valence-electron chi connectivity index (χ2n) is 6.03. The molecule has 4 bridgehead atoms. The molecule has 0 aliphatic carbocycles. The van der Waals surface area contributed by atoms with Crippen molar-refractivity contribution in [1.29, 1.82) is 0 Å². The van der Waals surface area contributed by atoms with Crippen molar-refractivity contribution in [3.05, 3.63) is 70.5 Å². The third kappa shape index (κ3) is 4.57. The summed E-state index contributed by atoms with van der Waals surface area (Å²) in [5.74, 6) is -3.55. The van der Waals surface area contributed by atoms with Gasteiger partial charge in [-0.05, 0) is 30.7 Å². The number of hydrogen-bond donors (Lipinski definition) is 2. The minimum Gasteiger partial charge on any atom is -0.505 e. The number of halogens is 3. The summed E-state index contributed by atoms with van der Waals surface area (Å²) in [7, 11) is -2.26. The number of hydrogen-bond acceptors (Lipinski definition) is 5. The molecule has 0 spiro atoms. The van der Waals surface area contributed by atoms with Crippen LogP contribution in [0.15, 0.2) is 53.1 Å². The predicted octanol–water partition coefficient (Wildman–Crippen LogP) is 4.47. The molecule has 3 rings (SSSR count). The van der Waals surface area contributed by atoms with E-state index in [1.165, 1.54) is 13.0 Å². The summed E-state index contributed by atoms with van der Waals surface area (Å²) in [6.07, 6.45) is 1.41. The number of carbonyl (C=O) groups is 1. The molecule has 2 aromatic rings. The van der Waals surface area contributed by atoms with Crippen LogP contribution in [0.2, 0.25) is 5.02 Å². The number of anilines is 1. The van der Waals surface area contributed by atoms with Crippen LogP contribution in [0, 0.1) is 11.6 Å². The molecule has 0 radical (unpaired) electrons. The van der Waals surface area contributed by atoms with Crippen LogP contribution in [-0.4, -0.2) is 21.9 Å². The van der Waals surface area contributed by atoms with Gasteiger partial charge in [-0.2, -0.15) is 0 Å². The van der Waals surface area contributed by atoms with Crippen molar-refractivity contribution < 1.29 is 32.4 Å². The fourth-order valence-corrected chi connectivity index (χ4v) is 3.71. The molecule has 0 saturated carbocycles. The number of phenolic OH excluding ortho intramolecular Hbond substituents is 1. The number of rotatable bonds is 0. The summed E-state index contributed by atoms with van der Waals surface area (Å²) in [5, 5.41) is 9.85. The molecule has 1 aliphatic rings. The normalized spacial score (nSPS) is 19.0. The lowest BCUT2D eigenvalue weighted by atomic mass is 10.2. The van der Waals surface area contributed by atoms with Crippen molar-refractivity contribution in [2.45, 2.75) is 11.8 Å². The highest BCUT2D eigenvalue weighted by Crippen LogP contribution is 2.34. The van der Waals surface area contributed by atoms with Crippen molar-refractivity contribution in [2.75, 3.05) is 11.3 Å². The summed E-state index contributed by atoms with van der Waals surface area (Å²) < 4.78 is 53.7. The van der Waals surface area contributed by atoms with Gasteiger partial charge in [0, 0.05) is 12.1 Å². The van der Waals surface area contributed by atoms with E-state index in [0.717, 1.165) is 18.2 Å². The second kappa shape index (κ2) is 8.22. The van der Waals surface area contributed by atoms with Crippen molar-refractivity contribution >= 4 is 34.2 Å². The highest BCUT2D eigenvalue weighted by Gasteiger charge is 2.21. The number of phenols is 1. The molecule has 0 fully saturated rings. The van der Waals surface area contributed by atoms with E-state index in [-0.39, 0.29) is 39.3 Å². The zero-order valence-electron chi connectivity index (χ0n) is 14.9. The summed E-state index contributed by atoms with van der Waals surface area (Å²) in [4.78, 5) is 12.0. The number of ether oxygens (including phenoxy) is 2. The molecule has 1 atom stereocenters. The molecule has 0 aromatic heterocycles. The molecule has 0 saturated heterocycles. The number of esters is 1. The summed E-state index contributed by atoms with van der Waals surface area (Å²) >= 11 is 5.92. The third-order valence-electron chi connectivity index (χ3n) is 3.76. The minimum atomic E-state index is -2.26. The van der Waals surface area contributed by atoms with Gasteiger partial charge in [-0.3, -0.25) is 4.72 Å². The van der Waals surface area contributed by atoms with Crippen molar-refractivity contribution in [1.82, 2.24) is 0 Å². The molecule has 152 valence electrons. The van der Waals surface area contributed by atoms with Gasteiger partial charge in [-0.25, -0.2) is 17.8 Å². The molecule has 29 heavy (non-hydrogen) atoms. The number of nitrogens with one attached hydrogen (secondary N) is 1. The van der Waals surface area contributed by atoms with E-state index in [1.807, 2.05) is 0 Å². The van der Waals surface area contributed by atoms with Gasteiger partial charge >= 0.3 is 5.97 Å². The number of allylic oxidation sites excluding steroid dienone is 1. The number of fused-ring (bicyclic) bond motifs is 4. The van der Waals surface area contributed by atoms with Crippen LogP contribution in [0.1, 0.15) is 17.3 Å². The Balaban J connectivity index is 2.15. The summed E-state index contributed by atoms with van der Waals surface area (Å²) in [6.45, 7) is 5.00. The smallest absolute Gasteiger partial charge is 0.338 e. The standard InChI is InChI=1S/C19H14ClF2NO5S/c1-9-3-10(2)28-16-7-15(13(21)6-14(16)22)23-29(26)17-5-11(19(25)27-8-9)4-12(20)18(17)24/h3-7,23-24H,1,8H2,2H3/b10-3+. The Morgan fingerprint density at radius 3 is 2.69 bits per heavy atom.